The van der Waals surface area contributed by atoms with Crippen molar-refractivity contribution in [2.75, 3.05) is 20.6 Å². The number of hydroxylamine groups is 1. The second-order valence-corrected chi connectivity index (χ2v) is 2.42. The van der Waals surface area contributed by atoms with Gasteiger partial charge in [0.2, 0.25) is 0 Å². The summed E-state index contributed by atoms with van der Waals surface area (Å²) in [5, 5.41) is 9.73. The van der Waals surface area contributed by atoms with Gasteiger partial charge in [0.05, 0.1) is 6.42 Å². The van der Waals surface area contributed by atoms with Gasteiger partial charge in [0.1, 0.15) is 0 Å². The van der Waals surface area contributed by atoms with Gasteiger partial charge in [0.25, 0.3) is 0 Å². The molecule has 1 amide bonds. The number of nitrogens with zero attached hydrogens (tertiary/aromatic N) is 1. The molecule has 12 heavy (non-hydrogen) atoms. The van der Waals surface area contributed by atoms with E-state index in [1.807, 2.05) is 0 Å². The van der Waals surface area contributed by atoms with Gasteiger partial charge >= 0.3 is 12.1 Å². The van der Waals surface area contributed by atoms with Gasteiger partial charge in [-0.05, 0) is 14.1 Å². The molecular weight excluding hydrogens is 164 g/mol. The molecule has 0 saturated heterocycles. The predicted octanol–water partition coefficient (Wildman–Crippen LogP) is -0.464. The maximum absolute atomic E-state index is 10.6. The highest BCUT2D eigenvalue weighted by Gasteiger charge is 2.05. The molecule has 0 fully saturated rings. The standard InChI is InChI=1S/C6H11N2O4/c1-8(2)4-3-5(9)12-7-6(10)11/h7H,3-4H2,1-2H3. The summed E-state index contributed by atoms with van der Waals surface area (Å²) in [6.45, 7) is 0.508. The minimum Gasteiger partial charge on any atom is -0.338 e. The zero-order valence-electron chi connectivity index (χ0n) is 6.99. The molecule has 0 unspecified atom stereocenters. The van der Waals surface area contributed by atoms with Gasteiger partial charge in [-0.15, -0.1) is 5.48 Å². The van der Waals surface area contributed by atoms with Crippen molar-refractivity contribution in [2.45, 2.75) is 6.42 Å². The summed E-state index contributed by atoms with van der Waals surface area (Å²) in [6.07, 6.45) is -1.50. The van der Waals surface area contributed by atoms with Crippen LogP contribution in [0.2, 0.25) is 0 Å². The van der Waals surface area contributed by atoms with Crippen LogP contribution in [0.3, 0.4) is 0 Å². The lowest BCUT2D eigenvalue weighted by atomic mass is 10.4. The summed E-state index contributed by atoms with van der Waals surface area (Å²) in [5.74, 6) is -0.632. The van der Waals surface area contributed by atoms with Gasteiger partial charge in [0.15, 0.2) is 0 Å². The van der Waals surface area contributed by atoms with E-state index in [1.54, 1.807) is 19.0 Å². The van der Waals surface area contributed by atoms with E-state index in [-0.39, 0.29) is 6.42 Å². The molecule has 0 aromatic heterocycles. The van der Waals surface area contributed by atoms with Crippen molar-refractivity contribution in [3.63, 3.8) is 0 Å². The summed E-state index contributed by atoms with van der Waals surface area (Å²) in [5.41, 5.74) is 1.41. The van der Waals surface area contributed by atoms with E-state index in [0.29, 0.717) is 6.54 Å². The highest BCUT2D eigenvalue weighted by atomic mass is 16.7. The van der Waals surface area contributed by atoms with Gasteiger partial charge in [-0.1, -0.05) is 0 Å². The fraction of sp³-hybridized carbons (Fsp3) is 0.667. The summed E-state index contributed by atoms with van der Waals surface area (Å²) in [6, 6.07) is 0. The third-order valence-electron chi connectivity index (χ3n) is 1.01. The molecule has 0 bridgehead atoms. The van der Waals surface area contributed by atoms with Gasteiger partial charge in [-0.3, -0.25) is 0 Å². The number of hydrogen-bond acceptors (Lipinski definition) is 4. The second-order valence-electron chi connectivity index (χ2n) is 2.42. The molecule has 0 rings (SSSR count). The van der Waals surface area contributed by atoms with Crippen LogP contribution in [0.25, 0.3) is 0 Å². The summed E-state index contributed by atoms with van der Waals surface area (Å²) < 4.78 is 0. The van der Waals surface area contributed by atoms with Crippen LogP contribution in [0.4, 0.5) is 4.79 Å². The van der Waals surface area contributed by atoms with E-state index in [9.17, 15) is 14.7 Å². The van der Waals surface area contributed by atoms with Crippen LogP contribution in [0.15, 0.2) is 0 Å². The lowest BCUT2D eigenvalue weighted by Gasteiger charge is -2.07. The van der Waals surface area contributed by atoms with E-state index < -0.39 is 12.1 Å². The Bertz CT molecular complexity index is 169. The fourth-order valence-corrected chi connectivity index (χ4v) is 0.465. The van der Waals surface area contributed by atoms with Crippen molar-refractivity contribution in [3.05, 3.63) is 0 Å². The molecule has 0 aliphatic rings. The molecule has 6 nitrogen and oxygen atoms in total. The molecule has 0 atom stereocenters. The Morgan fingerprint density at radius 3 is 2.42 bits per heavy atom. The Kier molecular flexibility index (Phi) is 4.78. The Morgan fingerprint density at radius 1 is 1.42 bits per heavy atom. The smallest absolute Gasteiger partial charge is 0.338 e. The SMILES string of the molecule is CN(C)CCC(=O)ONC([O])=O. The average Bonchev–Trinajstić information content (AvgIpc) is 1.96. The number of rotatable bonds is 3. The van der Waals surface area contributed by atoms with Crippen molar-refractivity contribution in [3.8, 4) is 0 Å². The molecule has 0 heterocycles. The van der Waals surface area contributed by atoms with E-state index in [0.717, 1.165) is 0 Å². The molecule has 1 N–H and O–H groups in total. The molecule has 0 aliphatic heterocycles. The first-order valence-corrected chi connectivity index (χ1v) is 3.33. The summed E-state index contributed by atoms with van der Waals surface area (Å²) in [7, 11) is 3.58. The van der Waals surface area contributed by atoms with Crippen LogP contribution in [-0.2, 0) is 14.7 Å². The third kappa shape index (κ3) is 6.81. The number of hydrogen-bond donors (Lipinski definition) is 1. The molecule has 69 valence electrons. The predicted molar refractivity (Wildman–Crippen MR) is 38.5 cm³/mol. The zero-order valence-corrected chi connectivity index (χ0v) is 6.99. The first-order valence-electron chi connectivity index (χ1n) is 3.33. The quantitative estimate of drug-likeness (QED) is 0.588. The summed E-state index contributed by atoms with van der Waals surface area (Å²) in [4.78, 5) is 26.2. The van der Waals surface area contributed by atoms with Crippen molar-refractivity contribution in [1.29, 1.82) is 0 Å². The normalized spacial score (nSPS) is 9.58. The fourth-order valence-electron chi connectivity index (χ4n) is 0.465. The molecule has 0 aromatic carbocycles. The maximum Gasteiger partial charge on any atom is 0.482 e. The van der Waals surface area contributed by atoms with Crippen LogP contribution in [0, 0.1) is 0 Å². The van der Waals surface area contributed by atoms with Crippen LogP contribution in [-0.4, -0.2) is 37.6 Å². The monoisotopic (exact) mass is 175 g/mol. The third-order valence-corrected chi connectivity index (χ3v) is 1.01. The Balaban J connectivity index is 3.40. The Labute approximate surface area is 70.1 Å². The van der Waals surface area contributed by atoms with Crippen LogP contribution in [0.5, 0.6) is 0 Å². The molecular formula is C6H11N2O4. The lowest BCUT2D eigenvalue weighted by molar-refractivity contribution is -0.150. The van der Waals surface area contributed by atoms with Crippen molar-refractivity contribution in [1.82, 2.24) is 10.4 Å². The first kappa shape index (κ1) is 10.7. The number of nitrogens with one attached hydrogen (secondary N) is 1. The van der Waals surface area contributed by atoms with Crippen molar-refractivity contribution < 1.29 is 19.5 Å². The van der Waals surface area contributed by atoms with Gasteiger partial charge in [-0.2, -0.15) is 0 Å². The highest BCUT2D eigenvalue weighted by Crippen LogP contribution is 1.85. The van der Waals surface area contributed by atoms with E-state index in [2.05, 4.69) is 4.84 Å². The molecule has 0 spiro atoms. The minimum atomic E-state index is -1.63. The number of carbonyl (C=O) groups excluding carboxylic acids is 2. The van der Waals surface area contributed by atoms with E-state index in [1.165, 1.54) is 5.48 Å². The van der Waals surface area contributed by atoms with Gasteiger partial charge in [0, 0.05) is 6.54 Å². The molecule has 0 aliphatic carbocycles. The minimum absolute atomic E-state index is 0.132. The van der Waals surface area contributed by atoms with Gasteiger partial charge < -0.3 is 9.74 Å². The maximum atomic E-state index is 10.6. The van der Waals surface area contributed by atoms with E-state index in [4.69, 9.17) is 0 Å². The molecule has 6 heteroatoms. The van der Waals surface area contributed by atoms with Crippen molar-refractivity contribution >= 4 is 12.1 Å². The zero-order chi connectivity index (χ0) is 9.56. The summed E-state index contributed by atoms with van der Waals surface area (Å²) >= 11 is 0. The van der Waals surface area contributed by atoms with Gasteiger partial charge in [-0.25, -0.2) is 14.7 Å². The second kappa shape index (κ2) is 5.36. The Hall–Kier alpha value is -1.30. The van der Waals surface area contributed by atoms with Crippen LogP contribution < -0.4 is 5.48 Å². The molecule has 1 radical (unpaired) electrons. The van der Waals surface area contributed by atoms with Crippen LogP contribution >= 0.6 is 0 Å². The van der Waals surface area contributed by atoms with Crippen LogP contribution in [0.1, 0.15) is 6.42 Å². The lowest BCUT2D eigenvalue weighted by Crippen LogP contribution is -2.26. The Morgan fingerprint density at radius 2 is 2.00 bits per heavy atom. The van der Waals surface area contributed by atoms with Crippen molar-refractivity contribution in [2.24, 2.45) is 0 Å². The molecule has 0 aromatic rings. The average molecular weight is 175 g/mol. The number of carbonyl (C=O) groups is 2. The first-order chi connectivity index (χ1) is 5.52. The topological polar surface area (TPSA) is 78.5 Å². The largest absolute Gasteiger partial charge is 0.482 e. The number of amides is 1. The molecule has 0 saturated carbocycles. The van der Waals surface area contributed by atoms with E-state index >= 15 is 0 Å². The highest BCUT2D eigenvalue weighted by molar-refractivity contribution is 5.72.